The van der Waals surface area contributed by atoms with Gasteiger partial charge in [-0.2, -0.15) is 0 Å². The van der Waals surface area contributed by atoms with E-state index in [-0.39, 0.29) is 18.3 Å². The smallest absolute Gasteiger partial charge is 0.234 e. The summed E-state index contributed by atoms with van der Waals surface area (Å²) >= 11 is 1.29. The maximum absolute atomic E-state index is 12.5. The third kappa shape index (κ3) is 6.29. The Balaban J connectivity index is 1.64. The highest BCUT2D eigenvalue weighted by Gasteiger charge is 2.16. The van der Waals surface area contributed by atoms with E-state index in [1.54, 1.807) is 38.5 Å². The number of hydrogen-bond acceptors (Lipinski definition) is 7. The summed E-state index contributed by atoms with van der Waals surface area (Å²) in [5.41, 5.74) is 2.81. The molecule has 0 spiro atoms. The summed E-state index contributed by atoms with van der Waals surface area (Å²) < 4.78 is 18.4. The molecule has 0 radical (unpaired) electrons. The number of thioether (sulfide) groups is 1. The van der Waals surface area contributed by atoms with E-state index in [2.05, 4.69) is 28.2 Å². The minimum atomic E-state index is -0.190. The number of hydrogen-bond donors (Lipinski definition) is 1. The molecule has 1 amide bonds. The Morgan fingerprint density at radius 1 is 1.12 bits per heavy atom. The van der Waals surface area contributed by atoms with Crippen molar-refractivity contribution in [1.82, 2.24) is 14.8 Å². The SMILES string of the molecule is C=CCn1c(COc2ccc(C)cc2C)nnc1SCC(=O)Nc1ccc(OC)cc1OC. The number of carbonyl (C=O) groups is 1. The topological polar surface area (TPSA) is 87.5 Å². The van der Waals surface area contributed by atoms with Crippen LogP contribution in [0.1, 0.15) is 17.0 Å². The average molecular weight is 469 g/mol. The van der Waals surface area contributed by atoms with Gasteiger partial charge in [0.2, 0.25) is 5.91 Å². The van der Waals surface area contributed by atoms with Gasteiger partial charge in [-0.25, -0.2) is 0 Å². The van der Waals surface area contributed by atoms with Gasteiger partial charge in [0.1, 0.15) is 23.9 Å². The molecule has 2 aromatic carbocycles. The van der Waals surface area contributed by atoms with Gasteiger partial charge in [-0.1, -0.05) is 35.5 Å². The van der Waals surface area contributed by atoms with Crippen molar-refractivity contribution < 1.29 is 19.0 Å². The summed E-state index contributed by atoms with van der Waals surface area (Å²) in [5, 5.41) is 12.0. The van der Waals surface area contributed by atoms with Gasteiger partial charge in [-0.05, 0) is 37.6 Å². The standard InChI is InChI=1S/C24H28N4O4S/c1-6-11-28-22(14-32-20-10-7-16(2)12-17(20)3)26-27-24(28)33-15-23(29)25-19-9-8-18(30-4)13-21(19)31-5/h6-10,12-13H,1,11,14-15H2,2-5H3,(H,25,29). The van der Waals surface area contributed by atoms with Crippen molar-refractivity contribution in [2.45, 2.75) is 32.2 Å². The lowest BCUT2D eigenvalue weighted by Gasteiger charge is -2.12. The Morgan fingerprint density at radius 3 is 2.64 bits per heavy atom. The average Bonchev–Trinajstić information content (AvgIpc) is 3.19. The maximum Gasteiger partial charge on any atom is 0.234 e. The van der Waals surface area contributed by atoms with E-state index < -0.39 is 0 Å². The van der Waals surface area contributed by atoms with E-state index in [1.807, 2.05) is 30.5 Å². The monoisotopic (exact) mass is 468 g/mol. The second-order valence-electron chi connectivity index (χ2n) is 7.26. The molecule has 0 bridgehead atoms. The van der Waals surface area contributed by atoms with Crippen LogP contribution in [0.5, 0.6) is 17.2 Å². The highest BCUT2D eigenvalue weighted by atomic mass is 32.2. The lowest BCUT2D eigenvalue weighted by atomic mass is 10.1. The van der Waals surface area contributed by atoms with E-state index in [0.29, 0.717) is 34.7 Å². The third-order valence-corrected chi connectivity index (χ3v) is 5.77. The number of rotatable bonds is 11. The molecule has 1 heterocycles. The molecule has 1 aromatic heterocycles. The van der Waals surface area contributed by atoms with Crippen molar-refractivity contribution >= 4 is 23.4 Å². The molecule has 3 aromatic rings. The highest BCUT2D eigenvalue weighted by molar-refractivity contribution is 7.99. The molecule has 0 aliphatic heterocycles. The fourth-order valence-corrected chi connectivity index (χ4v) is 3.93. The van der Waals surface area contributed by atoms with Gasteiger partial charge >= 0.3 is 0 Å². The quantitative estimate of drug-likeness (QED) is 0.329. The fraction of sp³-hybridized carbons (Fsp3) is 0.292. The van der Waals surface area contributed by atoms with E-state index in [4.69, 9.17) is 14.2 Å². The molecule has 0 aliphatic carbocycles. The number of aromatic nitrogens is 3. The summed E-state index contributed by atoms with van der Waals surface area (Å²) in [6.45, 7) is 8.64. The van der Waals surface area contributed by atoms with Crippen LogP contribution in [-0.4, -0.2) is 40.6 Å². The van der Waals surface area contributed by atoms with E-state index in [9.17, 15) is 4.79 Å². The Bertz CT molecular complexity index is 1130. The van der Waals surface area contributed by atoms with Gasteiger partial charge in [-0.3, -0.25) is 9.36 Å². The number of benzene rings is 2. The molecular weight excluding hydrogens is 440 g/mol. The Hall–Kier alpha value is -3.46. The van der Waals surface area contributed by atoms with Crippen LogP contribution in [0, 0.1) is 13.8 Å². The molecule has 0 fully saturated rings. The lowest BCUT2D eigenvalue weighted by Crippen LogP contribution is -2.15. The minimum Gasteiger partial charge on any atom is -0.497 e. The second-order valence-corrected chi connectivity index (χ2v) is 8.20. The number of ether oxygens (including phenoxy) is 3. The van der Waals surface area contributed by atoms with Crippen molar-refractivity contribution in [3.63, 3.8) is 0 Å². The van der Waals surface area contributed by atoms with Crippen LogP contribution in [0.2, 0.25) is 0 Å². The number of amides is 1. The van der Waals surface area contributed by atoms with E-state index in [1.165, 1.54) is 17.3 Å². The molecule has 1 N–H and O–H groups in total. The first-order valence-electron chi connectivity index (χ1n) is 10.3. The molecule has 8 nitrogen and oxygen atoms in total. The predicted molar refractivity (Wildman–Crippen MR) is 129 cm³/mol. The van der Waals surface area contributed by atoms with E-state index >= 15 is 0 Å². The van der Waals surface area contributed by atoms with Crippen molar-refractivity contribution in [2.24, 2.45) is 0 Å². The summed E-state index contributed by atoms with van der Waals surface area (Å²) in [6.07, 6.45) is 1.76. The lowest BCUT2D eigenvalue weighted by molar-refractivity contribution is -0.113. The zero-order valence-corrected chi connectivity index (χ0v) is 20.1. The van der Waals surface area contributed by atoms with Crippen LogP contribution >= 0.6 is 11.8 Å². The summed E-state index contributed by atoms with van der Waals surface area (Å²) in [5.74, 6) is 2.60. The maximum atomic E-state index is 12.5. The summed E-state index contributed by atoms with van der Waals surface area (Å²) in [7, 11) is 3.11. The number of methoxy groups -OCH3 is 2. The zero-order chi connectivity index (χ0) is 23.8. The molecule has 9 heteroatoms. The molecule has 0 aliphatic rings. The molecule has 0 atom stereocenters. The van der Waals surface area contributed by atoms with Crippen LogP contribution in [0.3, 0.4) is 0 Å². The number of nitrogens with zero attached hydrogens (tertiary/aromatic N) is 3. The van der Waals surface area contributed by atoms with Crippen LogP contribution in [-0.2, 0) is 17.9 Å². The minimum absolute atomic E-state index is 0.155. The van der Waals surface area contributed by atoms with Crippen LogP contribution in [0.4, 0.5) is 5.69 Å². The first-order valence-corrected chi connectivity index (χ1v) is 11.3. The van der Waals surface area contributed by atoms with Gasteiger partial charge in [-0.15, -0.1) is 16.8 Å². The van der Waals surface area contributed by atoms with E-state index in [0.717, 1.165) is 11.3 Å². The first kappa shape index (κ1) is 24.2. The Labute approximate surface area is 198 Å². The van der Waals surface area contributed by atoms with Crippen molar-refractivity contribution in [1.29, 1.82) is 0 Å². The van der Waals surface area contributed by atoms with Crippen LogP contribution < -0.4 is 19.5 Å². The van der Waals surface area contributed by atoms with Crippen molar-refractivity contribution in [3.05, 3.63) is 66.0 Å². The molecule has 0 saturated carbocycles. The number of allylic oxidation sites excluding steroid dienone is 1. The molecule has 0 unspecified atom stereocenters. The summed E-state index contributed by atoms with van der Waals surface area (Å²) in [6, 6.07) is 11.2. The van der Waals surface area contributed by atoms with Gasteiger partial charge in [0.05, 0.1) is 25.7 Å². The van der Waals surface area contributed by atoms with Gasteiger partial charge in [0, 0.05) is 12.6 Å². The number of nitrogens with one attached hydrogen (secondary N) is 1. The first-order chi connectivity index (χ1) is 15.9. The molecular formula is C24H28N4O4S. The Morgan fingerprint density at radius 2 is 1.94 bits per heavy atom. The van der Waals surface area contributed by atoms with Gasteiger partial charge in [0.15, 0.2) is 11.0 Å². The summed E-state index contributed by atoms with van der Waals surface area (Å²) in [4.78, 5) is 12.5. The van der Waals surface area contributed by atoms with Gasteiger partial charge in [0.25, 0.3) is 0 Å². The predicted octanol–water partition coefficient (Wildman–Crippen LogP) is 4.41. The van der Waals surface area contributed by atoms with Gasteiger partial charge < -0.3 is 19.5 Å². The zero-order valence-electron chi connectivity index (χ0n) is 19.3. The number of aryl methyl sites for hydroxylation is 2. The van der Waals surface area contributed by atoms with Crippen molar-refractivity contribution in [2.75, 3.05) is 25.3 Å². The van der Waals surface area contributed by atoms with Crippen LogP contribution in [0.15, 0.2) is 54.2 Å². The molecule has 33 heavy (non-hydrogen) atoms. The second kappa shape index (κ2) is 11.4. The molecule has 3 rings (SSSR count). The highest BCUT2D eigenvalue weighted by Crippen LogP contribution is 2.29. The molecule has 174 valence electrons. The fourth-order valence-electron chi connectivity index (χ4n) is 3.17. The third-order valence-electron chi connectivity index (χ3n) is 4.81. The number of anilines is 1. The largest absolute Gasteiger partial charge is 0.497 e. The van der Waals surface area contributed by atoms with Crippen LogP contribution in [0.25, 0.3) is 0 Å². The number of carbonyl (C=O) groups excluding carboxylic acids is 1. The normalized spacial score (nSPS) is 10.5. The van der Waals surface area contributed by atoms with Crippen molar-refractivity contribution in [3.8, 4) is 17.2 Å². The molecule has 0 saturated heterocycles. The Kier molecular flexibility index (Phi) is 8.37.